The first kappa shape index (κ1) is 16.7. The standard InChI is InChI=1S/C21H18N2O2S/c1-14-17(12-19-20(24)22(2)21(25)26-19)16-10-6-7-11-18(16)23(14)13-15-8-4-3-5-9-15/h3-12H,13H2,1-2H3. The van der Waals surface area contributed by atoms with Gasteiger partial charge in [0.05, 0.1) is 4.91 Å². The van der Waals surface area contributed by atoms with Crippen molar-refractivity contribution in [2.45, 2.75) is 13.5 Å². The number of benzene rings is 2. The molecule has 0 spiro atoms. The summed E-state index contributed by atoms with van der Waals surface area (Å²) in [6.07, 6.45) is 1.85. The molecule has 1 fully saturated rings. The van der Waals surface area contributed by atoms with Crippen LogP contribution in [0.3, 0.4) is 0 Å². The van der Waals surface area contributed by atoms with Crippen LogP contribution in [0.5, 0.6) is 0 Å². The zero-order chi connectivity index (χ0) is 18.3. The number of nitrogens with zero attached hydrogens (tertiary/aromatic N) is 2. The van der Waals surface area contributed by atoms with Gasteiger partial charge in [-0.1, -0.05) is 48.5 Å². The van der Waals surface area contributed by atoms with Crippen LogP contribution >= 0.6 is 11.8 Å². The topological polar surface area (TPSA) is 42.3 Å². The second kappa shape index (κ2) is 6.50. The zero-order valence-corrected chi connectivity index (χ0v) is 15.4. The van der Waals surface area contributed by atoms with Crippen LogP contribution in [0.15, 0.2) is 59.5 Å². The number of likely N-dealkylation sites (N-methyl/N-ethyl adjacent to an activating group) is 1. The smallest absolute Gasteiger partial charge is 0.293 e. The summed E-state index contributed by atoms with van der Waals surface area (Å²) >= 11 is 0.996. The molecule has 2 aromatic carbocycles. The highest BCUT2D eigenvalue weighted by molar-refractivity contribution is 8.18. The number of hydrogen-bond donors (Lipinski definition) is 0. The fourth-order valence-corrected chi connectivity index (χ4v) is 4.10. The van der Waals surface area contributed by atoms with Gasteiger partial charge in [0.25, 0.3) is 11.1 Å². The lowest BCUT2D eigenvalue weighted by Gasteiger charge is -2.08. The van der Waals surface area contributed by atoms with Crippen LogP contribution in [0.25, 0.3) is 17.0 Å². The molecule has 0 atom stereocenters. The molecule has 4 rings (SSSR count). The zero-order valence-electron chi connectivity index (χ0n) is 14.6. The second-order valence-electron chi connectivity index (χ2n) is 6.33. The van der Waals surface area contributed by atoms with Crippen molar-refractivity contribution in [1.29, 1.82) is 0 Å². The van der Waals surface area contributed by atoms with E-state index in [1.165, 1.54) is 12.6 Å². The van der Waals surface area contributed by atoms with E-state index in [0.717, 1.165) is 45.4 Å². The fourth-order valence-electron chi connectivity index (χ4n) is 3.29. The summed E-state index contributed by atoms with van der Waals surface area (Å²) in [4.78, 5) is 25.7. The fraction of sp³-hybridized carbons (Fsp3) is 0.143. The summed E-state index contributed by atoms with van der Waals surface area (Å²) in [6.45, 7) is 2.82. The van der Waals surface area contributed by atoms with Crippen LogP contribution in [0.1, 0.15) is 16.8 Å². The molecule has 5 heteroatoms. The average Bonchev–Trinajstić information content (AvgIpc) is 3.06. The number of amides is 2. The third-order valence-corrected chi connectivity index (χ3v) is 5.69. The second-order valence-corrected chi connectivity index (χ2v) is 7.32. The Morgan fingerprint density at radius 1 is 1.00 bits per heavy atom. The minimum Gasteiger partial charge on any atom is -0.340 e. The normalized spacial score (nSPS) is 16.2. The van der Waals surface area contributed by atoms with Gasteiger partial charge in [-0.15, -0.1) is 0 Å². The number of carbonyl (C=O) groups excluding carboxylic acids is 2. The van der Waals surface area contributed by atoms with Crippen LogP contribution in [-0.2, 0) is 11.3 Å². The van der Waals surface area contributed by atoms with Gasteiger partial charge in [0, 0.05) is 35.8 Å². The van der Waals surface area contributed by atoms with Crippen LogP contribution in [-0.4, -0.2) is 27.7 Å². The van der Waals surface area contributed by atoms with Gasteiger partial charge in [0.15, 0.2) is 0 Å². The largest absolute Gasteiger partial charge is 0.340 e. The van der Waals surface area contributed by atoms with Gasteiger partial charge >= 0.3 is 0 Å². The number of hydrogen-bond acceptors (Lipinski definition) is 3. The molecule has 1 aliphatic heterocycles. The van der Waals surface area contributed by atoms with Crippen LogP contribution in [0.4, 0.5) is 4.79 Å². The molecular weight excluding hydrogens is 344 g/mol. The maximum absolute atomic E-state index is 12.3. The lowest BCUT2D eigenvalue weighted by molar-refractivity contribution is -0.121. The maximum Gasteiger partial charge on any atom is 0.293 e. The van der Waals surface area contributed by atoms with Gasteiger partial charge in [-0.05, 0) is 36.4 Å². The first-order chi connectivity index (χ1) is 12.6. The predicted molar refractivity (Wildman–Crippen MR) is 106 cm³/mol. The number of rotatable bonds is 3. The Kier molecular flexibility index (Phi) is 4.17. The van der Waals surface area contributed by atoms with Crippen molar-refractivity contribution in [1.82, 2.24) is 9.47 Å². The number of para-hydroxylation sites is 1. The molecule has 0 unspecified atom stereocenters. The lowest BCUT2D eigenvalue weighted by atomic mass is 10.1. The third-order valence-electron chi connectivity index (χ3n) is 4.73. The summed E-state index contributed by atoms with van der Waals surface area (Å²) in [7, 11) is 1.52. The Hall–Kier alpha value is -2.79. The Morgan fingerprint density at radius 3 is 2.38 bits per heavy atom. The number of carbonyl (C=O) groups is 2. The molecule has 1 aromatic heterocycles. The maximum atomic E-state index is 12.3. The number of thioether (sulfide) groups is 1. The number of imide groups is 1. The van der Waals surface area contributed by atoms with Gasteiger partial charge < -0.3 is 4.57 Å². The van der Waals surface area contributed by atoms with Gasteiger partial charge in [-0.2, -0.15) is 0 Å². The summed E-state index contributed by atoms with van der Waals surface area (Å²) in [5.41, 5.74) is 4.42. The molecule has 0 N–H and O–H groups in total. The van der Waals surface area contributed by atoms with E-state index in [0.29, 0.717) is 4.91 Å². The van der Waals surface area contributed by atoms with Crippen molar-refractivity contribution >= 4 is 39.9 Å². The molecule has 0 radical (unpaired) electrons. The van der Waals surface area contributed by atoms with Crippen LogP contribution in [0, 0.1) is 6.92 Å². The summed E-state index contributed by atoms with van der Waals surface area (Å²) in [5.74, 6) is -0.237. The van der Waals surface area contributed by atoms with Gasteiger partial charge in [0.1, 0.15) is 0 Å². The monoisotopic (exact) mass is 362 g/mol. The molecule has 1 aliphatic rings. The first-order valence-electron chi connectivity index (χ1n) is 8.39. The first-order valence-corrected chi connectivity index (χ1v) is 9.21. The summed E-state index contributed by atoms with van der Waals surface area (Å²) < 4.78 is 2.26. The van der Waals surface area contributed by atoms with E-state index in [9.17, 15) is 9.59 Å². The lowest BCUT2D eigenvalue weighted by Crippen LogP contribution is -2.22. The molecule has 3 aromatic rings. The minimum absolute atomic E-state index is 0.230. The van der Waals surface area contributed by atoms with Crippen molar-refractivity contribution in [2.24, 2.45) is 0 Å². The van der Waals surface area contributed by atoms with E-state index < -0.39 is 0 Å². The van der Waals surface area contributed by atoms with E-state index >= 15 is 0 Å². The molecule has 1 saturated heterocycles. The van der Waals surface area contributed by atoms with Crippen LogP contribution < -0.4 is 0 Å². The summed E-state index contributed by atoms with van der Waals surface area (Å²) in [5, 5.41) is 0.857. The SMILES string of the molecule is Cc1c(C=C2SC(=O)N(C)C2=O)c2ccccc2n1Cc1ccccc1. The Labute approximate surface area is 156 Å². The highest BCUT2D eigenvalue weighted by Crippen LogP contribution is 2.35. The molecular formula is C21H18N2O2S. The molecule has 0 aliphatic carbocycles. The molecule has 0 bridgehead atoms. The van der Waals surface area contributed by atoms with Crippen molar-refractivity contribution in [3.8, 4) is 0 Å². The van der Waals surface area contributed by atoms with Crippen LogP contribution in [0.2, 0.25) is 0 Å². The number of fused-ring (bicyclic) bond motifs is 1. The average molecular weight is 362 g/mol. The van der Waals surface area contributed by atoms with Gasteiger partial charge in [-0.25, -0.2) is 0 Å². The van der Waals surface area contributed by atoms with E-state index in [-0.39, 0.29) is 11.1 Å². The predicted octanol–water partition coefficient (Wildman–Crippen LogP) is 4.66. The minimum atomic E-state index is -0.237. The molecule has 26 heavy (non-hydrogen) atoms. The van der Waals surface area contributed by atoms with Crippen molar-refractivity contribution in [3.63, 3.8) is 0 Å². The summed E-state index contributed by atoms with van der Waals surface area (Å²) in [6, 6.07) is 18.5. The highest BCUT2D eigenvalue weighted by Gasteiger charge is 2.32. The van der Waals surface area contributed by atoms with Gasteiger partial charge in [0.2, 0.25) is 0 Å². The molecule has 2 heterocycles. The number of aromatic nitrogens is 1. The van der Waals surface area contributed by atoms with E-state index in [4.69, 9.17) is 0 Å². The van der Waals surface area contributed by atoms with E-state index in [2.05, 4.69) is 35.8 Å². The molecule has 0 saturated carbocycles. The Morgan fingerprint density at radius 2 is 1.69 bits per heavy atom. The van der Waals surface area contributed by atoms with Gasteiger partial charge in [-0.3, -0.25) is 14.5 Å². The molecule has 2 amide bonds. The van der Waals surface area contributed by atoms with Crippen molar-refractivity contribution in [2.75, 3.05) is 7.05 Å². The van der Waals surface area contributed by atoms with E-state index in [1.807, 2.05) is 36.4 Å². The molecule has 130 valence electrons. The van der Waals surface area contributed by atoms with Crippen molar-refractivity contribution < 1.29 is 9.59 Å². The van der Waals surface area contributed by atoms with Crippen molar-refractivity contribution in [3.05, 3.63) is 76.3 Å². The Bertz CT molecular complexity index is 1050. The Balaban J connectivity index is 1.85. The highest BCUT2D eigenvalue weighted by atomic mass is 32.2. The quantitative estimate of drug-likeness (QED) is 0.636. The molecule has 4 nitrogen and oxygen atoms in total. The third kappa shape index (κ3) is 2.74. The van der Waals surface area contributed by atoms with E-state index in [1.54, 1.807) is 0 Å².